The van der Waals surface area contributed by atoms with Crippen molar-refractivity contribution in [1.82, 2.24) is 0 Å². The molecule has 0 aliphatic carbocycles. The lowest BCUT2D eigenvalue weighted by Gasteiger charge is -1.99. The quantitative estimate of drug-likeness (QED) is 0.726. The molecule has 0 aromatic heterocycles. The fourth-order valence-corrected chi connectivity index (χ4v) is 2.49. The Balaban J connectivity index is 1.76. The summed E-state index contributed by atoms with van der Waals surface area (Å²) in [6, 6.07) is 20.3. The molecule has 0 heterocycles. The lowest BCUT2D eigenvalue weighted by molar-refractivity contribution is 0.611. The van der Waals surface area contributed by atoms with Gasteiger partial charge in [0.15, 0.2) is 0 Å². The molecular weight excluding hydrogens is 264 g/mol. The van der Waals surface area contributed by atoms with Crippen LogP contribution in [0.2, 0.25) is 0 Å². The summed E-state index contributed by atoms with van der Waals surface area (Å²) >= 11 is -1.03. The van der Waals surface area contributed by atoms with E-state index >= 15 is 0 Å². The number of allylic oxidation sites excluding steroid dienone is 2. The molecule has 2 heteroatoms. The summed E-state index contributed by atoms with van der Waals surface area (Å²) in [7, 11) is 0. The Hall–Kier alpha value is -1.77. The Morgan fingerprint density at radius 2 is 1.10 bits per heavy atom. The van der Waals surface area contributed by atoms with Crippen LogP contribution in [0.4, 0.5) is 0 Å². The van der Waals surface area contributed by atoms with Crippen molar-refractivity contribution in [2.24, 2.45) is 0 Å². The maximum absolute atomic E-state index is 11.8. The summed E-state index contributed by atoms with van der Waals surface area (Å²) in [5.74, 6) is 0. The van der Waals surface area contributed by atoms with Gasteiger partial charge in [-0.2, -0.15) is 0 Å². The molecule has 20 heavy (non-hydrogen) atoms. The zero-order valence-electron chi connectivity index (χ0n) is 11.3. The molecule has 0 radical (unpaired) electrons. The average molecular weight is 282 g/mol. The molecule has 0 saturated carbocycles. The van der Waals surface area contributed by atoms with Crippen LogP contribution >= 0.6 is 0 Å². The van der Waals surface area contributed by atoms with Gasteiger partial charge in [0.1, 0.15) is 10.8 Å². The van der Waals surface area contributed by atoms with E-state index in [4.69, 9.17) is 0 Å². The van der Waals surface area contributed by atoms with Gasteiger partial charge in [0.05, 0.1) is 0 Å². The zero-order valence-corrected chi connectivity index (χ0v) is 12.1. The molecule has 0 bridgehead atoms. The van der Waals surface area contributed by atoms with Crippen molar-refractivity contribution in [3.05, 3.63) is 94.8 Å². The molecule has 2 aromatic rings. The molecule has 0 spiro atoms. The maximum Gasteiger partial charge on any atom is 0.118 e. The predicted octanol–water partition coefficient (Wildman–Crippen LogP) is 4.25. The highest BCUT2D eigenvalue weighted by Gasteiger charge is 1.95. The Kier molecular flexibility index (Phi) is 6.15. The highest BCUT2D eigenvalue weighted by atomic mass is 32.2. The smallest absolute Gasteiger partial charge is 0.118 e. The van der Waals surface area contributed by atoms with Crippen LogP contribution in [0.5, 0.6) is 0 Å². The minimum Gasteiger partial charge on any atom is -0.607 e. The standard InChI is InChI=1S/C18H18OS/c19-20(15-7-13-17-9-3-1-4-10-17)16-8-14-18-11-5-2-6-12-18/h1-12,15-16H,13-14H2. The van der Waals surface area contributed by atoms with Crippen molar-refractivity contribution in [2.45, 2.75) is 12.8 Å². The van der Waals surface area contributed by atoms with Gasteiger partial charge in [-0.3, -0.25) is 0 Å². The van der Waals surface area contributed by atoms with E-state index < -0.39 is 11.2 Å². The van der Waals surface area contributed by atoms with Gasteiger partial charge in [0.2, 0.25) is 0 Å². The second-order valence-corrected chi connectivity index (χ2v) is 5.65. The van der Waals surface area contributed by atoms with E-state index in [1.54, 1.807) is 10.8 Å². The van der Waals surface area contributed by atoms with E-state index in [1.807, 2.05) is 48.6 Å². The third kappa shape index (κ3) is 5.47. The van der Waals surface area contributed by atoms with Gasteiger partial charge in [-0.15, -0.1) is 0 Å². The molecule has 2 rings (SSSR count). The normalized spacial score (nSPS) is 13.1. The van der Waals surface area contributed by atoms with Gasteiger partial charge >= 0.3 is 0 Å². The Morgan fingerprint density at radius 3 is 1.50 bits per heavy atom. The fourth-order valence-electron chi connectivity index (χ4n) is 1.83. The van der Waals surface area contributed by atoms with Crippen LogP contribution in [0.3, 0.4) is 0 Å². The van der Waals surface area contributed by atoms with Gasteiger partial charge in [-0.05, 0) is 36.1 Å². The van der Waals surface area contributed by atoms with E-state index in [0.29, 0.717) is 0 Å². The third-order valence-electron chi connectivity index (χ3n) is 2.85. The molecule has 102 valence electrons. The molecule has 0 saturated heterocycles. The van der Waals surface area contributed by atoms with Gasteiger partial charge in [0.25, 0.3) is 0 Å². The minimum absolute atomic E-state index is 0.819. The van der Waals surface area contributed by atoms with Gasteiger partial charge in [-0.1, -0.05) is 60.7 Å². The molecule has 0 amide bonds. The van der Waals surface area contributed by atoms with Crippen molar-refractivity contribution in [3.63, 3.8) is 0 Å². The molecule has 0 atom stereocenters. The van der Waals surface area contributed by atoms with Crippen molar-refractivity contribution in [1.29, 1.82) is 0 Å². The molecule has 1 nitrogen and oxygen atoms in total. The van der Waals surface area contributed by atoms with Gasteiger partial charge < -0.3 is 4.55 Å². The van der Waals surface area contributed by atoms with E-state index in [1.165, 1.54) is 11.1 Å². The first-order chi connectivity index (χ1) is 9.84. The first-order valence-corrected chi connectivity index (χ1v) is 7.93. The fraction of sp³-hybridized carbons (Fsp3) is 0.111. The molecular formula is C18H18OS. The Bertz CT molecular complexity index is 495. The Labute approximate surface area is 123 Å². The molecule has 0 fully saturated rings. The summed E-state index contributed by atoms with van der Waals surface area (Å²) in [6.45, 7) is 0. The van der Waals surface area contributed by atoms with Crippen LogP contribution in [-0.4, -0.2) is 4.55 Å². The topological polar surface area (TPSA) is 23.1 Å². The molecule has 0 unspecified atom stereocenters. The van der Waals surface area contributed by atoms with Crippen molar-refractivity contribution in [2.75, 3.05) is 0 Å². The highest BCUT2D eigenvalue weighted by molar-refractivity contribution is 7.97. The van der Waals surface area contributed by atoms with E-state index in [0.717, 1.165) is 12.8 Å². The molecule has 0 aliphatic heterocycles. The molecule has 2 aromatic carbocycles. The summed E-state index contributed by atoms with van der Waals surface area (Å²) in [6.07, 6.45) is 5.55. The van der Waals surface area contributed by atoms with Crippen LogP contribution in [-0.2, 0) is 24.0 Å². The first kappa shape index (κ1) is 14.6. The SMILES string of the molecule is [O-][S+](C=CCc1ccccc1)C=CCc1ccccc1. The number of hydrogen-bond donors (Lipinski definition) is 0. The number of hydrogen-bond acceptors (Lipinski definition) is 1. The number of benzene rings is 2. The third-order valence-corrected chi connectivity index (χ3v) is 3.77. The van der Waals surface area contributed by atoms with Crippen LogP contribution in [0.15, 0.2) is 83.6 Å². The summed E-state index contributed by atoms with van der Waals surface area (Å²) in [5.41, 5.74) is 2.46. The van der Waals surface area contributed by atoms with Crippen LogP contribution in [0.1, 0.15) is 11.1 Å². The summed E-state index contributed by atoms with van der Waals surface area (Å²) < 4.78 is 11.8. The summed E-state index contributed by atoms with van der Waals surface area (Å²) in [4.78, 5) is 0. The zero-order chi connectivity index (χ0) is 14.0. The lowest BCUT2D eigenvalue weighted by atomic mass is 10.2. The lowest BCUT2D eigenvalue weighted by Crippen LogP contribution is -1.90. The van der Waals surface area contributed by atoms with Crippen molar-refractivity contribution in [3.8, 4) is 0 Å². The van der Waals surface area contributed by atoms with E-state index in [2.05, 4.69) is 24.3 Å². The Morgan fingerprint density at radius 1 is 0.700 bits per heavy atom. The van der Waals surface area contributed by atoms with Gasteiger partial charge in [0, 0.05) is 11.2 Å². The van der Waals surface area contributed by atoms with E-state index in [9.17, 15) is 4.55 Å². The molecule has 0 N–H and O–H groups in total. The second-order valence-electron chi connectivity index (χ2n) is 4.45. The monoisotopic (exact) mass is 282 g/mol. The van der Waals surface area contributed by atoms with E-state index in [-0.39, 0.29) is 0 Å². The molecule has 0 aliphatic rings. The average Bonchev–Trinajstić information content (AvgIpc) is 2.49. The number of rotatable bonds is 6. The summed E-state index contributed by atoms with van der Waals surface area (Å²) in [5, 5.41) is 3.49. The maximum atomic E-state index is 11.8. The highest BCUT2D eigenvalue weighted by Crippen LogP contribution is 2.04. The van der Waals surface area contributed by atoms with Crippen LogP contribution in [0, 0.1) is 0 Å². The van der Waals surface area contributed by atoms with Crippen LogP contribution < -0.4 is 0 Å². The van der Waals surface area contributed by atoms with Crippen molar-refractivity contribution >= 4 is 11.2 Å². The van der Waals surface area contributed by atoms with Crippen molar-refractivity contribution < 1.29 is 4.55 Å². The minimum atomic E-state index is -1.03. The van der Waals surface area contributed by atoms with Crippen LogP contribution in [0.25, 0.3) is 0 Å². The van der Waals surface area contributed by atoms with Gasteiger partial charge in [-0.25, -0.2) is 0 Å². The first-order valence-electron chi connectivity index (χ1n) is 6.65. The second kappa shape index (κ2) is 8.41. The largest absolute Gasteiger partial charge is 0.607 e. The predicted molar refractivity (Wildman–Crippen MR) is 86.7 cm³/mol.